The first-order chi connectivity index (χ1) is 7.81. The quantitative estimate of drug-likeness (QED) is 0.366. The van der Waals surface area contributed by atoms with Crippen molar-refractivity contribution in [1.29, 1.82) is 0 Å². The van der Waals surface area contributed by atoms with E-state index in [2.05, 4.69) is 4.40 Å². The van der Waals surface area contributed by atoms with E-state index in [4.69, 9.17) is 23.2 Å². The summed E-state index contributed by atoms with van der Waals surface area (Å²) in [6.45, 7) is 0. The second-order valence-corrected chi connectivity index (χ2v) is 4.98. The molecule has 90 valence electrons. The molecule has 0 radical (unpaired) electrons. The molecule has 0 unspecified atom stereocenters. The van der Waals surface area contributed by atoms with Crippen LogP contribution in [-0.4, -0.2) is 19.4 Å². The zero-order chi connectivity index (χ0) is 13.2. The van der Waals surface area contributed by atoms with E-state index in [0.29, 0.717) is 0 Å². The van der Waals surface area contributed by atoms with Crippen LogP contribution in [0.3, 0.4) is 0 Å². The molecule has 0 bridgehead atoms. The second-order valence-electron chi connectivity index (χ2n) is 2.62. The molecular weight excluding hydrogens is 295 g/mol. The molecular formula is C7H2Cl2N2O5S. The van der Waals surface area contributed by atoms with E-state index < -0.39 is 30.6 Å². The first-order valence-corrected chi connectivity index (χ1v) is 5.97. The molecule has 0 aliphatic rings. The van der Waals surface area contributed by atoms with Gasteiger partial charge in [0.1, 0.15) is 14.9 Å². The minimum absolute atomic E-state index is 0.325. The van der Waals surface area contributed by atoms with Crippen molar-refractivity contribution in [3.8, 4) is 0 Å². The van der Waals surface area contributed by atoms with Gasteiger partial charge in [0, 0.05) is 0 Å². The van der Waals surface area contributed by atoms with Crippen molar-refractivity contribution in [3.05, 3.63) is 32.3 Å². The number of halogens is 2. The number of hydrogen-bond acceptors (Lipinski definition) is 5. The number of nitro benzene ring substituents is 1. The molecule has 0 heterocycles. The third kappa shape index (κ3) is 2.62. The number of rotatable bonds is 3. The topological polar surface area (TPSA) is 107 Å². The van der Waals surface area contributed by atoms with Crippen LogP contribution < -0.4 is 0 Å². The van der Waals surface area contributed by atoms with Gasteiger partial charge in [-0.15, -0.1) is 0 Å². The van der Waals surface area contributed by atoms with E-state index in [1.54, 1.807) is 0 Å². The monoisotopic (exact) mass is 296 g/mol. The summed E-state index contributed by atoms with van der Waals surface area (Å²) >= 11 is 11.0. The van der Waals surface area contributed by atoms with Crippen LogP contribution in [0.4, 0.5) is 5.69 Å². The first-order valence-electron chi connectivity index (χ1n) is 3.78. The summed E-state index contributed by atoms with van der Waals surface area (Å²) in [4.78, 5) is 18.9. The Morgan fingerprint density at radius 1 is 1.35 bits per heavy atom. The first kappa shape index (κ1) is 13.6. The Kier molecular flexibility index (Phi) is 3.84. The van der Waals surface area contributed by atoms with Crippen molar-refractivity contribution in [1.82, 2.24) is 0 Å². The minimum Gasteiger partial charge on any atom is -0.258 e. The maximum Gasteiger partial charge on any atom is 0.307 e. The van der Waals surface area contributed by atoms with Crippen LogP contribution in [0.15, 0.2) is 21.4 Å². The Hall–Kier alpha value is -1.47. The lowest BCUT2D eigenvalue weighted by Gasteiger charge is -2.02. The lowest BCUT2D eigenvalue weighted by molar-refractivity contribution is -0.384. The van der Waals surface area contributed by atoms with Crippen molar-refractivity contribution in [2.75, 3.05) is 0 Å². The van der Waals surface area contributed by atoms with Crippen molar-refractivity contribution in [2.24, 2.45) is 4.40 Å². The molecule has 10 heteroatoms. The molecule has 0 saturated heterocycles. The van der Waals surface area contributed by atoms with Gasteiger partial charge in [0.25, 0.3) is 16.1 Å². The lowest BCUT2D eigenvalue weighted by atomic mass is 10.3. The molecule has 17 heavy (non-hydrogen) atoms. The summed E-state index contributed by atoms with van der Waals surface area (Å²) in [7, 11) is -4.41. The summed E-state index contributed by atoms with van der Waals surface area (Å²) in [6, 6.07) is 1.88. The molecule has 0 atom stereocenters. The molecule has 0 fully saturated rings. The predicted molar refractivity (Wildman–Crippen MR) is 58.4 cm³/mol. The van der Waals surface area contributed by atoms with E-state index in [9.17, 15) is 23.3 Å². The highest BCUT2D eigenvalue weighted by Crippen LogP contribution is 2.37. The molecule has 1 rings (SSSR count). The molecule has 0 N–H and O–H groups in total. The highest BCUT2D eigenvalue weighted by molar-refractivity contribution is 7.90. The van der Waals surface area contributed by atoms with Crippen LogP contribution in [0.25, 0.3) is 0 Å². The molecule has 0 aliphatic heterocycles. The van der Waals surface area contributed by atoms with E-state index in [0.717, 1.165) is 18.2 Å². The number of sulfonamides is 1. The Labute approximate surface area is 105 Å². The van der Waals surface area contributed by atoms with E-state index >= 15 is 0 Å². The van der Waals surface area contributed by atoms with Crippen molar-refractivity contribution in [2.45, 2.75) is 4.90 Å². The summed E-state index contributed by atoms with van der Waals surface area (Å²) in [6.07, 6.45) is 0.823. The molecule has 1 aromatic carbocycles. The average Bonchev–Trinajstić information content (AvgIpc) is 2.15. The zero-order valence-electron chi connectivity index (χ0n) is 7.75. The Balaban J connectivity index is 3.66. The van der Waals surface area contributed by atoms with Crippen LogP contribution in [-0.2, 0) is 14.8 Å². The highest BCUT2D eigenvalue weighted by Gasteiger charge is 2.27. The summed E-state index contributed by atoms with van der Waals surface area (Å²) in [5.74, 6) is 0. The largest absolute Gasteiger partial charge is 0.307 e. The Bertz CT molecular complexity index is 636. The lowest BCUT2D eigenvalue weighted by Crippen LogP contribution is -2.00. The molecule has 0 spiro atoms. The molecule has 0 saturated carbocycles. The van der Waals surface area contributed by atoms with Gasteiger partial charge in [-0.05, 0) is 12.1 Å². The fourth-order valence-electron chi connectivity index (χ4n) is 0.987. The Morgan fingerprint density at radius 2 is 1.94 bits per heavy atom. The van der Waals surface area contributed by atoms with Crippen LogP contribution in [0.1, 0.15) is 0 Å². The fraction of sp³-hybridized carbons (Fsp3) is 0. The number of carbonyl (C=O) groups excluding carboxylic acids is 1. The van der Waals surface area contributed by atoms with E-state index in [-0.39, 0.29) is 5.02 Å². The van der Waals surface area contributed by atoms with Gasteiger partial charge in [-0.2, -0.15) is 8.42 Å². The second kappa shape index (κ2) is 4.80. The number of nitrogens with zero attached hydrogens (tertiary/aromatic N) is 2. The van der Waals surface area contributed by atoms with Gasteiger partial charge in [0.05, 0.1) is 4.92 Å². The van der Waals surface area contributed by atoms with Crippen molar-refractivity contribution >= 4 is 45.0 Å². The number of isocyanates is 1. The van der Waals surface area contributed by atoms with Crippen LogP contribution in [0.5, 0.6) is 0 Å². The van der Waals surface area contributed by atoms with Crippen molar-refractivity contribution < 1.29 is 18.1 Å². The number of hydrogen-bond donors (Lipinski definition) is 0. The van der Waals surface area contributed by atoms with Crippen LogP contribution in [0, 0.1) is 10.1 Å². The smallest absolute Gasteiger partial charge is 0.258 e. The maximum atomic E-state index is 11.4. The number of nitro groups is 1. The summed E-state index contributed by atoms with van der Waals surface area (Å²) in [5, 5.41) is 9.58. The zero-order valence-corrected chi connectivity index (χ0v) is 10.1. The van der Waals surface area contributed by atoms with Gasteiger partial charge in [-0.1, -0.05) is 27.6 Å². The van der Waals surface area contributed by atoms with E-state index in [1.807, 2.05) is 0 Å². The van der Waals surface area contributed by atoms with Gasteiger partial charge in [-0.25, -0.2) is 4.79 Å². The van der Waals surface area contributed by atoms with E-state index in [1.165, 1.54) is 0 Å². The number of benzene rings is 1. The average molecular weight is 297 g/mol. The third-order valence-electron chi connectivity index (χ3n) is 1.65. The molecule has 0 aromatic heterocycles. The normalized spacial score (nSPS) is 10.7. The van der Waals surface area contributed by atoms with Gasteiger partial charge < -0.3 is 0 Å². The van der Waals surface area contributed by atoms with Crippen LogP contribution >= 0.6 is 23.2 Å². The van der Waals surface area contributed by atoms with Gasteiger partial charge >= 0.3 is 5.69 Å². The van der Waals surface area contributed by atoms with Gasteiger partial charge in [-0.3, -0.25) is 10.1 Å². The fourth-order valence-corrected chi connectivity index (χ4v) is 2.55. The molecule has 7 nitrogen and oxygen atoms in total. The molecule has 1 aromatic rings. The summed E-state index contributed by atoms with van der Waals surface area (Å²) in [5.41, 5.74) is -0.768. The molecule has 0 aliphatic carbocycles. The Morgan fingerprint density at radius 3 is 2.41 bits per heavy atom. The SMILES string of the molecule is O=C=NS(=O)(=O)c1ccc(Cl)c([N+](=O)[O-])c1Cl. The van der Waals surface area contributed by atoms with Crippen molar-refractivity contribution in [3.63, 3.8) is 0 Å². The summed E-state index contributed by atoms with van der Waals surface area (Å²) < 4.78 is 25.3. The third-order valence-corrected chi connectivity index (χ3v) is 3.66. The maximum absolute atomic E-state index is 11.4. The minimum atomic E-state index is -4.41. The standard InChI is InChI=1S/C7H2Cl2N2O5S/c8-4-1-2-5(17(15,16)10-3-12)6(9)7(4)11(13)14/h1-2H. The van der Waals surface area contributed by atoms with Gasteiger partial charge in [0.2, 0.25) is 0 Å². The van der Waals surface area contributed by atoms with Crippen LogP contribution in [0.2, 0.25) is 10.0 Å². The predicted octanol–water partition coefficient (Wildman–Crippen LogP) is 1.93. The van der Waals surface area contributed by atoms with Gasteiger partial charge in [0.15, 0.2) is 0 Å². The highest BCUT2D eigenvalue weighted by atomic mass is 35.5. The molecule has 0 amide bonds.